The van der Waals surface area contributed by atoms with Gasteiger partial charge in [0.2, 0.25) is 0 Å². The molecule has 0 fully saturated rings. The van der Waals surface area contributed by atoms with Gasteiger partial charge in [-0.2, -0.15) is 0 Å². The van der Waals surface area contributed by atoms with Crippen molar-refractivity contribution in [2.75, 3.05) is 6.54 Å². The first-order chi connectivity index (χ1) is 8.26. The molecular weight excluding hydrogens is 217 g/mol. The lowest BCUT2D eigenvalue weighted by atomic mass is 10.1. The van der Waals surface area contributed by atoms with Crippen molar-refractivity contribution in [1.82, 2.24) is 5.32 Å². The number of aryl methyl sites for hydroxylation is 1. The number of halogens is 1. The largest absolute Gasteiger partial charge is 0.459 e. The summed E-state index contributed by atoms with van der Waals surface area (Å²) in [4.78, 5) is 0. The van der Waals surface area contributed by atoms with E-state index in [4.69, 9.17) is 4.42 Å². The van der Waals surface area contributed by atoms with E-state index in [-0.39, 0.29) is 5.82 Å². The molecule has 2 rings (SSSR count). The second kappa shape index (κ2) is 5.32. The molecule has 2 nitrogen and oxygen atoms in total. The molecule has 0 aliphatic rings. The van der Waals surface area contributed by atoms with E-state index in [2.05, 4.69) is 19.2 Å². The van der Waals surface area contributed by atoms with Crippen LogP contribution in [0.5, 0.6) is 0 Å². The summed E-state index contributed by atoms with van der Waals surface area (Å²) in [6.45, 7) is 5.79. The molecule has 2 aromatic rings. The Labute approximate surface area is 101 Å². The number of nitrogens with one attached hydrogen (secondary N) is 1. The van der Waals surface area contributed by atoms with Gasteiger partial charge in [-0.05, 0) is 31.2 Å². The Morgan fingerprint density at radius 3 is 2.82 bits per heavy atom. The minimum atomic E-state index is -0.203. The average molecular weight is 235 g/mol. The van der Waals surface area contributed by atoms with Crippen molar-refractivity contribution in [2.45, 2.75) is 33.2 Å². The minimum absolute atomic E-state index is 0.203. The second-order valence-corrected chi connectivity index (χ2v) is 4.17. The third-order valence-corrected chi connectivity index (χ3v) is 2.87. The van der Waals surface area contributed by atoms with Crippen LogP contribution in [0.3, 0.4) is 0 Å². The van der Waals surface area contributed by atoms with Gasteiger partial charge in [-0.15, -0.1) is 0 Å². The van der Waals surface area contributed by atoms with E-state index in [1.54, 1.807) is 12.1 Å². The number of furan rings is 1. The van der Waals surface area contributed by atoms with Crippen molar-refractivity contribution in [3.63, 3.8) is 0 Å². The molecule has 0 saturated heterocycles. The standard InChI is InChI=1S/C14H18FNO/c1-3-5-11-12-8-10(15)6-7-13(12)17-14(11)9-16-4-2/h6-8,16H,3-5,9H2,1-2H3. The van der Waals surface area contributed by atoms with Crippen molar-refractivity contribution >= 4 is 11.0 Å². The molecule has 1 aromatic carbocycles. The number of hydrogen-bond acceptors (Lipinski definition) is 2. The zero-order valence-corrected chi connectivity index (χ0v) is 10.3. The predicted octanol–water partition coefficient (Wildman–Crippen LogP) is 3.63. The fourth-order valence-electron chi connectivity index (χ4n) is 2.08. The van der Waals surface area contributed by atoms with Crippen molar-refractivity contribution in [2.24, 2.45) is 0 Å². The van der Waals surface area contributed by atoms with Gasteiger partial charge < -0.3 is 9.73 Å². The van der Waals surface area contributed by atoms with Crippen molar-refractivity contribution in [3.05, 3.63) is 35.3 Å². The summed E-state index contributed by atoms with van der Waals surface area (Å²) in [5, 5.41) is 4.17. The zero-order chi connectivity index (χ0) is 12.3. The van der Waals surface area contributed by atoms with Crippen molar-refractivity contribution in [1.29, 1.82) is 0 Å². The van der Waals surface area contributed by atoms with E-state index in [9.17, 15) is 4.39 Å². The summed E-state index contributed by atoms with van der Waals surface area (Å²) in [7, 11) is 0. The Hall–Kier alpha value is -1.35. The van der Waals surface area contributed by atoms with Gasteiger partial charge in [0.15, 0.2) is 0 Å². The summed E-state index contributed by atoms with van der Waals surface area (Å²) in [6, 6.07) is 4.72. The van der Waals surface area contributed by atoms with Crippen LogP contribution in [0, 0.1) is 5.82 Å². The highest BCUT2D eigenvalue weighted by Gasteiger charge is 2.13. The topological polar surface area (TPSA) is 25.2 Å². The monoisotopic (exact) mass is 235 g/mol. The molecule has 92 valence electrons. The highest BCUT2D eigenvalue weighted by molar-refractivity contribution is 5.82. The minimum Gasteiger partial charge on any atom is -0.459 e. The average Bonchev–Trinajstić information content (AvgIpc) is 2.65. The van der Waals surface area contributed by atoms with Gasteiger partial charge in [-0.25, -0.2) is 4.39 Å². The molecule has 1 N–H and O–H groups in total. The van der Waals surface area contributed by atoms with Gasteiger partial charge in [0.05, 0.1) is 6.54 Å². The molecule has 17 heavy (non-hydrogen) atoms. The summed E-state index contributed by atoms with van der Waals surface area (Å²) in [5.74, 6) is 0.736. The second-order valence-electron chi connectivity index (χ2n) is 4.17. The lowest BCUT2D eigenvalue weighted by Crippen LogP contribution is -2.12. The molecule has 0 atom stereocenters. The zero-order valence-electron chi connectivity index (χ0n) is 10.3. The van der Waals surface area contributed by atoms with Crippen LogP contribution >= 0.6 is 0 Å². The van der Waals surface area contributed by atoms with E-state index in [1.165, 1.54) is 6.07 Å². The maximum Gasteiger partial charge on any atom is 0.134 e. The molecular formula is C14H18FNO. The first-order valence-electron chi connectivity index (χ1n) is 6.16. The summed E-state index contributed by atoms with van der Waals surface area (Å²) in [6.07, 6.45) is 1.96. The van der Waals surface area contributed by atoms with Crippen molar-refractivity contribution < 1.29 is 8.81 Å². The van der Waals surface area contributed by atoms with Crippen LogP contribution in [0.4, 0.5) is 4.39 Å². The summed E-state index contributed by atoms with van der Waals surface area (Å²) < 4.78 is 19.0. The quantitative estimate of drug-likeness (QED) is 0.856. The SMILES string of the molecule is CCCc1c(CNCC)oc2ccc(F)cc12. The molecule has 0 radical (unpaired) electrons. The fourth-order valence-corrected chi connectivity index (χ4v) is 2.08. The Morgan fingerprint density at radius 1 is 1.29 bits per heavy atom. The molecule has 0 spiro atoms. The maximum atomic E-state index is 13.3. The van der Waals surface area contributed by atoms with Gasteiger partial charge >= 0.3 is 0 Å². The van der Waals surface area contributed by atoms with Crippen LogP contribution in [-0.4, -0.2) is 6.54 Å². The number of fused-ring (bicyclic) bond motifs is 1. The van der Waals surface area contributed by atoms with Gasteiger partial charge in [-0.3, -0.25) is 0 Å². The van der Waals surface area contributed by atoms with E-state index < -0.39 is 0 Å². The molecule has 0 amide bonds. The van der Waals surface area contributed by atoms with Crippen LogP contribution in [0.25, 0.3) is 11.0 Å². The van der Waals surface area contributed by atoms with E-state index in [0.29, 0.717) is 6.54 Å². The third kappa shape index (κ3) is 2.50. The maximum absolute atomic E-state index is 13.3. The first kappa shape index (κ1) is 12.1. The number of benzene rings is 1. The van der Waals surface area contributed by atoms with E-state index in [1.807, 2.05) is 0 Å². The van der Waals surface area contributed by atoms with Crippen LogP contribution < -0.4 is 5.32 Å². The van der Waals surface area contributed by atoms with E-state index in [0.717, 1.165) is 41.7 Å². The molecule has 1 aromatic heterocycles. The van der Waals surface area contributed by atoms with Crippen LogP contribution in [-0.2, 0) is 13.0 Å². The lowest BCUT2D eigenvalue weighted by Gasteiger charge is -2.01. The Kier molecular flexibility index (Phi) is 3.79. The smallest absolute Gasteiger partial charge is 0.134 e. The molecule has 0 bridgehead atoms. The van der Waals surface area contributed by atoms with Crippen LogP contribution in [0.15, 0.2) is 22.6 Å². The summed E-state index contributed by atoms with van der Waals surface area (Å²) >= 11 is 0. The Morgan fingerprint density at radius 2 is 2.12 bits per heavy atom. The Balaban J connectivity index is 2.46. The van der Waals surface area contributed by atoms with Gasteiger partial charge in [0, 0.05) is 10.9 Å². The molecule has 0 aliphatic heterocycles. The number of hydrogen-bond donors (Lipinski definition) is 1. The fraction of sp³-hybridized carbons (Fsp3) is 0.429. The predicted molar refractivity (Wildman–Crippen MR) is 67.5 cm³/mol. The molecule has 3 heteroatoms. The van der Waals surface area contributed by atoms with Crippen LogP contribution in [0.1, 0.15) is 31.6 Å². The van der Waals surface area contributed by atoms with E-state index >= 15 is 0 Å². The van der Waals surface area contributed by atoms with Crippen molar-refractivity contribution in [3.8, 4) is 0 Å². The van der Waals surface area contributed by atoms with Gasteiger partial charge in [0.25, 0.3) is 0 Å². The Bertz CT molecular complexity index is 504. The lowest BCUT2D eigenvalue weighted by molar-refractivity contribution is 0.512. The highest BCUT2D eigenvalue weighted by Crippen LogP contribution is 2.27. The van der Waals surface area contributed by atoms with Gasteiger partial charge in [0.1, 0.15) is 17.2 Å². The summed E-state index contributed by atoms with van der Waals surface area (Å²) in [5.41, 5.74) is 1.92. The molecule has 0 aliphatic carbocycles. The normalized spacial score (nSPS) is 11.2. The van der Waals surface area contributed by atoms with Gasteiger partial charge in [-0.1, -0.05) is 20.3 Å². The number of rotatable bonds is 5. The highest BCUT2D eigenvalue weighted by atomic mass is 19.1. The molecule has 0 saturated carbocycles. The first-order valence-corrected chi connectivity index (χ1v) is 6.16. The molecule has 0 unspecified atom stereocenters. The molecule has 1 heterocycles. The third-order valence-electron chi connectivity index (χ3n) is 2.87. The van der Waals surface area contributed by atoms with Crippen LogP contribution in [0.2, 0.25) is 0 Å².